The number of carbonyl (C=O) groups excluding carboxylic acids is 2. The summed E-state index contributed by atoms with van der Waals surface area (Å²) in [5, 5.41) is 12.2. The van der Waals surface area contributed by atoms with E-state index in [1.807, 2.05) is 0 Å². The Balaban J connectivity index is 1.65. The predicted molar refractivity (Wildman–Crippen MR) is 89.4 cm³/mol. The molecule has 1 aromatic heterocycles. The maximum Gasteiger partial charge on any atom is 0.339 e. The number of hydrogen-bond acceptors (Lipinski definition) is 4. The summed E-state index contributed by atoms with van der Waals surface area (Å²) in [6.07, 6.45) is 4.28. The number of nitrogens with zero attached hydrogens (tertiary/aromatic N) is 1. The number of rotatable bonds is 6. The minimum absolute atomic E-state index is 0.00400. The molecule has 1 aliphatic carbocycles. The number of amides is 2. The normalized spacial score (nSPS) is 20.4. The van der Waals surface area contributed by atoms with E-state index in [0.717, 1.165) is 19.4 Å². The number of carboxylic acids is 1. The van der Waals surface area contributed by atoms with Gasteiger partial charge in [-0.2, -0.15) is 0 Å². The van der Waals surface area contributed by atoms with Crippen molar-refractivity contribution in [2.45, 2.75) is 39.0 Å². The van der Waals surface area contributed by atoms with Crippen molar-refractivity contribution in [3.63, 3.8) is 0 Å². The molecule has 0 radical (unpaired) electrons. The molecule has 2 amide bonds. The van der Waals surface area contributed by atoms with Crippen LogP contribution in [0.1, 0.15) is 59.3 Å². The van der Waals surface area contributed by atoms with E-state index in [2.05, 4.69) is 5.32 Å². The lowest BCUT2D eigenvalue weighted by Gasteiger charge is -2.31. The summed E-state index contributed by atoms with van der Waals surface area (Å²) in [6.45, 7) is 3.40. The molecule has 7 nitrogen and oxygen atoms in total. The number of carbonyl (C=O) groups is 3. The SMILES string of the molecule is CCc1oc(C(=O)N2CCCC(C(=O)NCC3CC3)C2)cc1C(=O)O. The summed E-state index contributed by atoms with van der Waals surface area (Å²) in [7, 11) is 0. The van der Waals surface area contributed by atoms with Crippen LogP contribution in [0.5, 0.6) is 0 Å². The van der Waals surface area contributed by atoms with Crippen molar-refractivity contribution in [1.82, 2.24) is 10.2 Å². The second kappa shape index (κ2) is 7.29. The molecule has 0 aromatic carbocycles. The van der Waals surface area contributed by atoms with Gasteiger partial charge in [-0.1, -0.05) is 6.92 Å². The third-order valence-electron chi connectivity index (χ3n) is 4.91. The van der Waals surface area contributed by atoms with Gasteiger partial charge >= 0.3 is 5.97 Å². The lowest BCUT2D eigenvalue weighted by molar-refractivity contribution is -0.126. The first-order valence-electron chi connectivity index (χ1n) is 8.92. The maximum atomic E-state index is 12.7. The van der Waals surface area contributed by atoms with Gasteiger partial charge in [0.1, 0.15) is 11.3 Å². The fourth-order valence-corrected chi connectivity index (χ4v) is 3.22. The summed E-state index contributed by atoms with van der Waals surface area (Å²) in [5.74, 6) is -0.701. The van der Waals surface area contributed by atoms with Crippen molar-refractivity contribution in [2.24, 2.45) is 11.8 Å². The minimum Gasteiger partial charge on any atom is -0.478 e. The highest BCUT2D eigenvalue weighted by molar-refractivity contribution is 5.96. The Morgan fingerprint density at radius 3 is 2.68 bits per heavy atom. The molecule has 136 valence electrons. The average molecular weight is 348 g/mol. The number of aryl methyl sites for hydroxylation is 1. The van der Waals surface area contributed by atoms with Crippen LogP contribution in [0.25, 0.3) is 0 Å². The molecule has 2 heterocycles. The summed E-state index contributed by atoms with van der Waals surface area (Å²) in [6, 6.07) is 1.29. The summed E-state index contributed by atoms with van der Waals surface area (Å²) in [5.41, 5.74) is 0.0292. The van der Waals surface area contributed by atoms with Crippen molar-refractivity contribution in [3.05, 3.63) is 23.2 Å². The van der Waals surface area contributed by atoms with Crippen LogP contribution in [0.2, 0.25) is 0 Å². The fourth-order valence-electron chi connectivity index (χ4n) is 3.22. The maximum absolute atomic E-state index is 12.7. The van der Waals surface area contributed by atoms with Crippen LogP contribution in [-0.2, 0) is 11.2 Å². The van der Waals surface area contributed by atoms with Crippen LogP contribution >= 0.6 is 0 Å². The fraction of sp³-hybridized carbons (Fsp3) is 0.611. The standard InChI is InChI=1S/C18H24N2O5/c1-2-14-13(18(23)24)8-15(25-14)17(22)20-7-3-4-12(10-20)16(21)19-9-11-5-6-11/h8,11-12H,2-7,9-10H2,1H3,(H,19,21)(H,23,24). The van der Waals surface area contributed by atoms with Crippen LogP contribution in [0.3, 0.4) is 0 Å². The van der Waals surface area contributed by atoms with E-state index >= 15 is 0 Å². The largest absolute Gasteiger partial charge is 0.478 e. The zero-order chi connectivity index (χ0) is 18.0. The van der Waals surface area contributed by atoms with Crippen LogP contribution in [0, 0.1) is 11.8 Å². The van der Waals surface area contributed by atoms with Crippen molar-refractivity contribution in [1.29, 1.82) is 0 Å². The third kappa shape index (κ3) is 4.03. The first-order chi connectivity index (χ1) is 12.0. The van der Waals surface area contributed by atoms with Gasteiger partial charge in [0.2, 0.25) is 5.91 Å². The molecule has 2 N–H and O–H groups in total. The van der Waals surface area contributed by atoms with E-state index in [9.17, 15) is 19.5 Å². The van der Waals surface area contributed by atoms with Crippen LogP contribution in [0.4, 0.5) is 0 Å². The molecule has 25 heavy (non-hydrogen) atoms. The second-order valence-electron chi connectivity index (χ2n) is 6.89. The predicted octanol–water partition coefficient (Wildman–Crippen LogP) is 1.92. The van der Waals surface area contributed by atoms with Gasteiger partial charge in [0.05, 0.1) is 5.92 Å². The average Bonchev–Trinajstić information content (AvgIpc) is 3.35. The highest BCUT2D eigenvalue weighted by atomic mass is 16.4. The van der Waals surface area contributed by atoms with Gasteiger partial charge in [-0.15, -0.1) is 0 Å². The Morgan fingerprint density at radius 2 is 2.08 bits per heavy atom. The molecule has 1 unspecified atom stereocenters. The molecule has 0 bridgehead atoms. The van der Waals surface area contributed by atoms with E-state index in [-0.39, 0.29) is 29.1 Å². The molecule has 3 rings (SSSR count). The number of aromatic carboxylic acids is 1. The van der Waals surface area contributed by atoms with E-state index in [0.29, 0.717) is 31.2 Å². The van der Waals surface area contributed by atoms with Gasteiger partial charge in [0.15, 0.2) is 5.76 Å². The van der Waals surface area contributed by atoms with Gasteiger partial charge in [-0.25, -0.2) is 4.79 Å². The topological polar surface area (TPSA) is 99.9 Å². The molecule has 1 saturated heterocycles. The summed E-state index contributed by atoms with van der Waals surface area (Å²) < 4.78 is 5.45. The van der Waals surface area contributed by atoms with Crippen LogP contribution in [0.15, 0.2) is 10.5 Å². The lowest BCUT2D eigenvalue weighted by Crippen LogP contribution is -2.45. The number of nitrogens with one attached hydrogen (secondary N) is 1. The van der Waals surface area contributed by atoms with Gasteiger partial charge in [-0.05, 0) is 31.6 Å². The smallest absolute Gasteiger partial charge is 0.339 e. The number of furan rings is 1. The molecule has 1 aromatic rings. The number of hydrogen-bond donors (Lipinski definition) is 2. The molecule has 1 atom stereocenters. The summed E-state index contributed by atoms with van der Waals surface area (Å²) >= 11 is 0. The Labute approximate surface area is 146 Å². The van der Waals surface area contributed by atoms with E-state index in [4.69, 9.17) is 4.42 Å². The Hall–Kier alpha value is -2.31. The highest BCUT2D eigenvalue weighted by Gasteiger charge is 2.32. The Bertz CT molecular complexity index is 677. The van der Waals surface area contributed by atoms with E-state index in [1.54, 1.807) is 11.8 Å². The lowest BCUT2D eigenvalue weighted by atomic mass is 9.97. The van der Waals surface area contributed by atoms with Crippen molar-refractivity contribution in [2.75, 3.05) is 19.6 Å². The van der Waals surface area contributed by atoms with Crippen LogP contribution < -0.4 is 5.32 Å². The third-order valence-corrected chi connectivity index (χ3v) is 4.91. The second-order valence-corrected chi connectivity index (χ2v) is 6.89. The molecule has 0 spiro atoms. The number of carboxylic acid groups (broad SMARTS) is 1. The van der Waals surface area contributed by atoms with Crippen molar-refractivity contribution >= 4 is 17.8 Å². The van der Waals surface area contributed by atoms with Crippen molar-refractivity contribution < 1.29 is 23.9 Å². The van der Waals surface area contributed by atoms with Gasteiger partial charge in [0.25, 0.3) is 5.91 Å². The first-order valence-corrected chi connectivity index (χ1v) is 8.92. The summed E-state index contributed by atoms with van der Waals surface area (Å²) in [4.78, 5) is 37.8. The molecule has 2 fully saturated rings. The van der Waals surface area contributed by atoms with E-state index in [1.165, 1.54) is 18.9 Å². The van der Waals surface area contributed by atoms with Gasteiger partial charge < -0.3 is 19.7 Å². The van der Waals surface area contributed by atoms with E-state index < -0.39 is 5.97 Å². The Morgan fingerprint density at radius 1 is 1.32 bits per heavy atom. The Kier molecular flexibility index (Phi) is 5.11. The first kappa shape index (κ1) is 17.5. The molecular weight excluding hydrogens is 324 g/mol. The van der Waals surface area contributed by atoms with Crippen LogP contribution in [-0.4, -0.2) is 47.4 Å². The molecule has 7 heteroatoms. The number of piperidine rings is 1. The molecular formula is C18H24N2O5. The highest BCUT2D eigenvalue weighted by Crippen LogP contribution is 2.28. The molecule has 1 saturated carbocycles. The monoisotopic (exact) mass is 348 g/mol. The van der Waals surface area contributed by atoms with Gasteiger partial charge in [0, 0.05) is 32.1 Å². The van der Waals surface area contributed by atoms with Crippen molar-refractivity contribution in [3.8, 4) is 0 Å². The minimum atomic E-state index is -1.10. The molecule has 1 aliphatic heterocycles. The quantitative estimate of drug-likeness (QED) is 0.818. The number of likely N-dealkylation sites (tertiary alicyclic amines) is 1. The zero-order valence-corrected chi connectivity index (χ0v) is 14.4. The van der Waals surface area contributed by atoms with Gasteiger partial charge in [-0.3, -0.25) is 9.59 Å². The molecule has 2 aliphatic rings. The zero-order valence-electron chi connectivity index (χ0n) is 14.4.